The lowest BCUT2D eigenvalue weighted by Gasteiger charge is -2.11. The van der Waals surface area contributed by atoms with E-state index in [0.29, 0.717) is 5.56 Å². The molecule has 4 rings (SSSR count). The van der Waals surface area contributed by atoms with Crippen molar-refractivity contribution in [2.24, 2.45) is 0 Å². The van der Waals surface area contributed by atoms with E-state index in [1.165, 1.54) is 52.9 Å². The van der Waals surface area contributed by atoms with Gasteiger partial charge >= 0.3 is 0 Å². The number of thiophene rings is 1. The zero-order valence-electron chi connectivity index (χ0n) is 13.1. The number of aryl methyl sites for hydroxylation is 2. The minimum atomic E-state index is -0.335. The van der Waals surface area contributed by atoms with Crippen molar-refractivity contribution in [1.29, 1.82) is 0 Å². The number of fused-ring (bicyclic) bond motifs is 3. The van der Waals surface area contributed by atoms with E-state index < -0.39 is 0 Å². The lowest BCUT2D eigenvalue weighted by molar-refractivity contribution is 0.0994. The molecule has 2 heterocycles. The van der Waals surface area contributed by atoms with Crippen molar-refractivity contribution in [3.05, 3.63) is 52.4 Å². The van der Waals surface area contributed by atoms with Crippen LogP contribution in [0.15, 0.2) is 35.6 Å². The standard InChI is InChI=1S/C18H15FN2OS2/c1-10(16(22)11-5-7-12(19)8-6-11)23-17-15-13-3-2-4-14(13)24-18(15)21-9-20-17/h5-10H,2-4H2,1H3. The highest BCUT2D eigenvalue weighted by atomic mass is 32.2. The minimum Gasteiger partial charge on any atom is -0.293 e. The Balaban J connectivity index is 1.64. The predicted octanol–water partition coefficient (Wildman–Crippen LogP) is 4.68. The van der Waals surface area contributed by atoms with Crippen molar-refractivity contribution < 1.29 is 9.18 Å². The molecule has 0 fully saturated rings. The van der Waals surface area contributed by atoms with Crippen LogP contribution in [0.2, 0.25) is 0 Å². The van der Waals surface area contributed by atoms with E-state index >= 15 is 0 Å². The summed E-state index contributed by atoms with van der Waals surface area (Å²) < 4.78 is 13.0. The van der Waals surface area contributed by atoms with Crippen LogP contribution in [0.3, 0.4) is 0 Å². The summed E-state index contributed by atoms with van der Waals surface area (Å²) in [5.74, 6) is -0.350. The summed E-state index contributed by atoms with van der Waals surface area (Å²) in [7, 11) is 0. The van der Waals surface area contributed by atoms with Crippen molar-refractivity contribution in [2.75, 3.05) is 0 Å². The summed E-state index contributed by atoms with van der Waals surface area (Å²) in [5, 5.41) is 1.71. The average molecular weight is 358 g/mol. The molecule has 2 aromatic heterocycles. The summed E-state index contributed by atoms with van der Waals surface area (Å²) in [5.41, 5.74) is 1.89. The van der Waals surface area contributed by atoms with Gasteiger partial charge in [-0.3, -0.25) is 4.79 Å². The van der Waals surface area contributed by atoms with Gasteiger partial charge in [0, 0.05) is 15.8 Å². The van der Waals surface area contributed by atoms with Crippen LogP contribution < -0.4 is 0 Å². The topological polar surface area (TPSA) is 42.9 Å². The van der Waals surface area contributed by atoms with Crippen molar-refractivity contribution in [2.45, 2.75) is 36.5 Å². The van der Waals surface area contributed by atoms with Gasteiger partial charge in [-0.1, -0.05) is 11.8 Å². The Labute approximate surface area is 147 Å². The van der Waals surface area contributed by atoms with Gasteiger partial charge < -0.3 is 0 Å². The quantitative estimate of drug-likeness (QED) is 0.386. The predicted molar refractivity (Wildman–Crippen MR) is 95.5 cm³/mol. The summed E-state index contributed by atoms with van der Waals surface area (Å²) >= 11 is 3.21. The van der Waals surface area contributed by atoms with Crippen LogP contribution in [0.25, 0.3) is 10.2 Å². The molecule has 0 spiro atoms. The number of thioether (sulfide) groups is 1. The highest BCUT2D eigenvalue weighted by Crippen LogP contribution is 2.41. The molecule has 1 aliphatic carbocycles. The van der Waals surface area contributed by atoms with Crippen molar-refractivity contribution in [3.63, 3.8) is 0 Å². The summed E-state index contributed by atoms with van der Waals surface area (Å²) in [4.78, 5) is 23.8. The Bertz CT molecular complexity index is 921. The minimum absolute atomic E-state index is 0.0152. The molecule has 0 amide bonds. The molecule has 0 radical (unpaired) electrons. The molecule has 6 heteroatoms. The Hall–Kier alpha value is -1.79. The molecule has 0 saturated carbocycles. The second-order valence-electron chi connectivity index (χ2n) is 5.85. The van der Waals surface area contributed by atoms with Gasteiger partial charge in [0.05, 0.1) is 5.25 Å². The third-order valence-corrected chi connectivity index (χ3v) is 6.55. The molecule has 0 saturated heterocycles. The van der Waals surface area contributed by atoms with E-state index in [1.807, 2.05) is 6.92 Å². The number of rotatable bonds is 4. The SMILES string of the molecule is CC(Sc1ncnc2sc3c(c12)CCC3)C(=O)c1ccc(F)cc1. The second-order valence-corrected chi connectivity index (χ2v) is 8.26. The molecule has 24 heavy (non-hydrogen) atoms. The van der Waals surface area contributed by atoms with Crippen LogP contribution >= 0.6 is 23.1 Å². The first-order valence-corrected chi connectivity index (χ1v) is 9.55. The number of carbonyl (C=O) groups excluding carboxylic acids is 1. The molecular formula is C18H15FN2OS2. The number of halogens is 1. The number of hydrogen-bond donors (Lipinski definition) is 0. The number of nitrogens with zero attached hydrogens (tertiary/aromatic N) is 2. The van der Waals surface area contributed by atoms with E-state index in [9.17, 15) is 9.18 Å². The monoisotopic (exact) mass is 358 g/mol. The molecule has 1 aromatic carbocycles. The first kappa shape index (κ1) is 15.7. The zero-order valence-corrected chi connectivity index (χ0v) is 14.7. The average Bonchev–Trinajstić information content (AvgIpc) is 3.16. The van der Waals surface area contributed by atoms with E-state index in [0.717, 1.165) is 28.1 Å². The third-order valence-electron chi connectivity index (χ3n) is 4.25. The summed E-state index contributed by atoms with van der Waals surface area (Å²) in [6.07, 6.45) is 4.94. The van der Waals surface area contributed by atoms with Crippen LogP contribution in [0.1, 0.15) is 34.1 Å². The van der Waals surface area contributed by atoms with E-state index in [-0.39, 0.29) is 16.9 Å². The number of hydrogen-bond acceptors (Lipinski definition) is 5. The lowest BCUT2D eigenvalue weighted by Crippen LogP contribution is -2.13. The van der Waals surface area contributed by atoms with Crippen LogP contribution in [-0.2, 0) is 12.8 Å². The van der Waals surface area contributed by atoms with Crippen molar-refractivity contribution in [3.8, 4) is 0 Å². The molecule has 0 bridgehead atoms. The highest BCUT2D eigenvalue weighted by molar-refractivity contribution is 8.00. The van der Waals surface area contributed by atoms with Crippen LogP contribution in [0.4, 0.5) is 4.39 Å². The molecule has 1 unspecified atom stereocenters. The highest BCUT2D eigenvalue weighted by Gasteiger charge is 2.24. The van der Waals surface area contributed by atoms with Crippen LogP contribution in [0, 0.1) is 5.82 Å². The van der Waals surface area contributed by atoms with Gasteiger partial charge in [0.25, 0.3) is 0 Å². The molecule has 122 valence electrons. The number of benzene rings is 1. The van der Waals surface area contributed by atoms with E-state index in [1.54, 1.807) is 17.7 Å². The van der Waals surface area contributed by atoms with Crippen LogP contribution in [-0.4, -0.2) is 21.0 Å². The fourth-order valence-corrected chi connectivity index (χ4v) is 5.38. The summed E-state index contributed by atoms with van der Waals surface area (Å²) in [6, 6.07) is 5.71. The first-order valence-electron chi connectivity index (χ1n) is 7.85. The molecule has 1 aliphatic rings. The van der Waals surface area contributed by atoms with Crippen molar-refractivity contribution in [1.82, 2.24) is 9.97 Å². The summed E-state index contributed by atoms with van der Waals surface area (Å²) in [6.45, 7) is 1.87. The first-order chi connectivity index (χ1) is 11.6. The number of Topliss-reactive ketones (excluding diaryl/α,β-unsaturated/α-hetero) is 1. The Kier molecular flexibility index (Phi) is 4.10. The normalized spacial score (nSPS) is 14.8. The maximum Gasteiger partial charge on any atom is 0.175 e. The molecule has 1 atom stereocenters. The lowest BCUT2D eigenvalue weighted by atomic mass is 10.1. The molecule has 0 aliphatic heterocycles. The number of carbonyl (C=O) groups is 1. The Morgan fingerprint density at radius 2 is 2.04 bits per heavy atom. The van der Waals surface area contributed by atoms with Gasteiger partial charge in [-0.15, -0.1) is 11.3 Å². The van der Waals surface area contributed by atoms with Crippen LogP contribution in [0.5, 0.6) is 0 Å². The second kappa shape index (κ2) is 6.26. The Morgan fingerprint density at radius 1 is 1.25 bits per heavy atom. The van der Waals surface area contributed by atoms with E-state index in [2.05, 4.69) is 9.97 Å². The Morgan fingerprint density at radius 3 is 2.83 bits per heavy atom. The van der Waals surface area contributed by atoms with Gasteiger partial charge in [0.15, 0.2) is 5.78 Å². The van der Waals surface area contributed by atoms with Gasteiger partial charge in [0.2, 0.25) is 0 Å². The van der Waals surface area contributed by atoms with Gasteiger partial charge in [0.1, 0.15) is 22.0 Å². The number of ketones is 1. The maximum absolute atomic E-state index is 13.0. The fourth-order valence-electron chi connectivity index (χ4n) is 3.06. The zero-order chi connectivity index (χ0) is 16.7. The van der Waals surface area contributed by atoms with Gasteiger partial charge in [-0.2, -0.15) is 0 Å². The molecule has 3 aromatic rings. The van der Waals surface area contributed by atoms with E-state index in [4.69, 9.17) is 0 Å². The number of aromatic nitrogens is 2. The maximum atomic E-state index is 13.0. The molecule has 3 nitrogen and oxygen atoms in total. The molecule has 0 N–H and O–H groups in total. The molecular weight excluding hydrogens is 343 g/mol. The van der Waals surface area contributed by atoms with Gasteiger partial charge in [-0.05, 0) is 56.0 Å². The third kappa shape index (κ3) is 2.74. The smallest absolute Gasteiger partial charge is 0.175 e. The van der Waals surface area contributed by atoms with Crippen molar-refractivity contribution >= 4 is 39.1 Å². The fraction of sp³-hybridized carbons (Fsp3) is 0.278. The largest absolute Gasteiger partial charge is 0.293 e. The van der Waals surface area contributed by atoms with Gasteiger partial charge in [-0.25, -0.2) is 14.4 Å².